The number of hydrogen-bond acceptors (Lipinski definition) is 1. The summed E-state index contributed by atoms with van der Waals surface area (Å²) in [5.74, 6) is 0. The average molecular weight is 452 g/mol. The number of aryl methyl sites for hydroxylation is 1. The molecule has 0 saturated heterocycles. The van der Waals surface area contributed by atoms with E-state index >= 15 is 0 Å². The summed E-state index contributed by atoms with van der Waals surface area (Å²) in [6.45, 7) is 2.25. The maximum absolute atomic E-state index is 2.41. The minimum absolute atomic E-state index is 1.04. The van der Waals surface area contributed by atoms with Gasteiger partial charge in [0.15, 0.2) is 0 Å². The second-order valence-corrected chi connectivity index (χ2v) is 9.34. The van der Waals surface area contributed by atoms with E-state index in [2.05, 4.69) is 133 Å². The molecule has 0 aromatic heterocycles. The van der Waals surface area contributed by atoms with Crippen LogP contribution in [0.15, 0.2) is 121 Å². The molecule has 1 nitrogen and oxygen atoms in total. The minimum Gasteiger partial charge on any atom is -0.311 e. The van der Waals surface area contributed by atoms with Gasteiger partial charge in [-0.05, 0) is 94.3 Å². The van der Waals surface area contributed by atoms with Crippen molar-refractivity contribution in [3.05, 3.63) is 138 Å². The van der Waals surface area contributed by atoms with Crippen LogP contribution in [-0.4, -0.2) is 0 Å². The Morgan fingerprint density at radius 2 is 1.09 bits per heavy atom. The Kier molecular flexibility index (Phi) is 5.68. The van der Waals surface area contributed by atoms with E-state index in [0.717, 1.165) is 29.9 Å². The summed E-state index contributed by atoms with van der Waals surface area (Å²) < 4.78 is 0. The van der Waals surface area contributed by atoms with E-state index in [9.17, 15) is 0 Å². The summed E-state index contributed by atoms with van der Waals surface area (Å²) in [6, 6.07) is 44.1. The molecule has 0 unspecified atom stereocenters. The second kappa shape index (κ2) is 9.27. The van der Waals surface area contributed by atoms with Gasteiger partial charge in [0.25, 0.3) is 0 Å². The van der Waals surface area contributed by atoms with Crippen LogP contribution in [0.1, 0.15) is 30.0 Å². The Labute approximate surface area is 208 Å². The molecule has 5 aromatic rings. The molecule has 1 aliphatic carbocycles. The number of para-hydroxylation sites is 2. The molecular weight excluding hydrogens is 422 g/mol. The van der Waals surface area contributed by atoms with Gasteiger partial charge in [-0.3, -0.25) is 0 Å². The van der Waals surface area contributed by atoms with Crippen molar-refractivity contribution in [1.29, 1.82) is 0 Å². The van der Waals surface area contributed by atoms with Crippen LogP contribution in [0.2, 0.25) is 0 Å². The SMILES string of the molecule is CCCc1ccc2c(c1)-c1cc(-c3ccc(N(c4ccccc4)c4ccccc4)cc3)ccc1C2. The highest BCUT2D eigenvalue weighted by atomic mass is 15.1. The topological polar surface area (TPSA) is 3.24 Å². The van der Waals surface area contributed by atoms with Gasteiger partial charge in [0, 0.05) is 17.1 Å². The van der Waals surface area contributed by atoms with Crippen molar-refractivity contribution in [3.63, 3.8) is 0 Å². The molecule has 0 amide bonds. The van der Waals surface area contributed by atoms with Crippen LogP contribution in [0, 0.1) is 0 Å². The average Bonchev–Trinajstić information content (AvgIpc) is 3.28. The molecular formula is C34H29N. The summed E-state index contributed by atoms with van der Waals surface area (Å²) >= 11 is 0. The molecule has 0 aliphatic heterocycles. The second-order valence-electron chi connectivity index (χ2n) is 9.34. The first-order valence-corrected chi connectivity index (χ1v) is 12.6. The van der Waals surface area contributed by atoms with Crippen molar-refractivity contribution in [1.82, 2.24) is 0 Å². The molecule has 0 radical (unpaired) electrons. The third-order valence-corrected chi connectivity index (χ3v) is 6.98. The van der Waals surface area contributed by atoms with Gasteiger partial charge in [-0.2, -0.15) is 0 Å². The molecule has 1 aliphatic rings. The van der Waals surface area contributed by atoms with Crippen molar-refractivity contribution in [2.45, 2.75) is 26.2 Å². The fourth-order valence-electron chi connectivity index (χ4n) is 5.24. The van der Waals surface area contributed by atoms with Gasteiger partial charge < -0.3 is 4.90 Å². The third-order valence-electron chi connectivity index (χ3n) is 6.98. The van der Waals surface area contributed by atoms with Gasteiger partial charge in [-0.1, -0.05) is 92.2 Å². The molecule has 0 spiro atoms. The Balaban J connectivity index is 1.35. The zero-order valence-corrected chi connectivity index (χ0v) is 20.1. The molecule has 6 rings (SSSR count). The normalized spacial score (nSPS) is 11.7. The molecule has 0 saturated carbocycles. The maximum atomic E-state index is 2.41. The van der Waals surface area contributed by atoms with Gasteiger partial charge in [0.1, 0.15) is 0 Å². The van der Waals surface area contributed by atoms with Crippen molar-refractivity contribution >= 4 is 17.1 Å². The zero-order valence-electron chi connectivity index (χ0n) is 20.1. The quantitative estimate of drug-likeness (QED) is 0.244. The van der Waals surface area contributed by atoms with Crippen LogP contribution in [-0.2, 0) is 12.8 Å². The van der Waals surface area contributed by atoms with E-state index in [1.165, 1.54) is 45.4 Å². The first kappa shape index (κ1) is 21.4. The molecule has 35 heavy (non-hydrogen) atoms. The lowest BCUT2D eigenvalue weighted by Gasteiger charge is -2.25. The van der Waals surface area contributed by atoms with E-state index < -0.39 is 0 Å². The Morgan fingerprint density at radius 3 is 1.71 bits per heavy atom. The lowest BCUT2D eigenvalue weighted by atomic mass is 9.97. The smallest absolute Gasteiger partial charge is 0.0462 e. The molecule has 5 aromatic carbocycles. The first-order chi connectivity index (χ1) is 17.3. The maximum Gasteiger partial charge on any atom is 0.0462 e. The first-order valence-electron chi connectivity index (χ1n) is 12.6. The van der Waals surface area contributed by atoms with Gasteiger partial charge >= 0.3 is 0 Å². The van der Waals surface area contributed by atoms with E-state index in [-0.39, 0.29) is 0 Å². The van der Waals surface area contributed by atoms with Crippen LogP contribution < -0.4 is 4.90 Å². The van der Waals surface area contributed by atoms with Crippen molar-refractivity contribution < 1.29 is 0 Å². The van der Waals surface area contributed by atoms with Gasteiger partial charge in [-0.15, -0.1) is 0 Å². The van der Waals surface area contributed by atoms with Crippen molar-refractivity contribution in [2.75, 3.05) is 4.90 Å². The van der Waals surface area contributed by atoms with Crippen molar-refractivity contribution in [3.8, 4) is 22.3 Å². The Hall–Kier alpha value is -4.10. The number of anilines is 3. The Morgan fingerprint density at radius 1 is 0.543 bits per heavy atom. The highest BCUT2D eigenvalue weighted by Gasteiger charge is 2.19. The van der Waals surface area contributed by atoms with Gasteiger partial charge in [0.05, 0.1) is 0 Å². The summed E-state index contributed by atoms with van der Waals surface area (Å²) in [6.07, 6.45) is 3.36. The van der Waals surface area contributed by atoms with E-state index in [1.807, 2.05) is 0 Å². The largest absolute Gasteiger partial charge is 0.311 e. The summed E-state index contributed by atoms with van der Waals surface area (Å²) in [4.78, 5) is 2.30. The molecule has 170 valence electrons. The number of fused-ring (bicyclic) bond motifs is 3. The predicted octanol–water partition coefficient (Wildman–Crippen LogP) is 9.35. The fraction of sp³-hybridized carbons (Fsp3) is 0.118. The van der Waals surface area contributed by atoms with Crippen LogP contribution >= 0.6 is 0 Å². The zero-order chi connectivity index (χ0) is 23.6. The van der Waals surface area contributed by atoms with Crippen LogP contribution in [0.25, 0.3) is 22.3 Å². The molecule has 0 heterocycles. The minimum atomic E-state index is 1.04. The number of nitrogens with zero attached hydrogens (tertiary/aromatic N) is 1. The molecule has 0 bridgehead atoms. The Bertz CT molecular complexity index is 1410. The number of hydrogen-bond donors (Lipinski definition) is 0. The van der Waals surface area contributed by atoms with E-state index in [1.54, 1.807) is 0 Å². The number of benzene rings is 5. The molecule has 1 heteroatoms. The highest BCUT2D eigenvalue weighted by molar-refractivity contribution is 5.83. The highest BCUT2D eigenvalue weighted by Crippen LogP contribution is 2.40. The monoisotopic (exact) mass is 451 g/mol. The van der Waals surface area contributed by atoms with E-state index in [0.29, 0.717) is 0 Å². The lowest BCUT2D eigenvalue weighted by Crippen LogP contribution is -2.09. The molecule has 0 atom stereocenters. The number of rotatable bonds is 6. The summed E-state index contributed by atoms with van der Waals surface area (Å²) in [7, 11) is 0. The van der Waals surface area contributed by atoms with Crippen molar-refractivity contribution in [2.24, 2.45) is 0 Å². The lowest BCUT2D eigenvalue weighted by molar-refractivity contribution is 0.921. The summed E-state index contributed by atoms with van der Waals surface area (Å²) in [5.41, 5.74) is 13.1. The molecule has 0 N–H and O–H groups in total. The fourth-order valence-corrected chi connectivity index (χ4v) is 5.24. The third kappa shape index (κ3) is 4.15. The van der Waals surface area contributed by atoms with Crippen LogP contribution in [0.4, 0.5) is 17.1 Å². The van der Waals surface area contributed by atoms with E-state index in [4.69, 9.17) is 0 Å². The summed E-state index contributed by atoms with van der Waals surface area (Å²) in [5, 5.41) is 0. The van der Waals surface area contributed by atoms with Gasteiger partial charge in [-0.25, -0.2) is 0 Å². The standard InChI is InChI=1S/C34H29N/c1-2-9-25-14-15-28-23-29-17-16-27(24-34(29)33(28)22-25)26-18-20-32(21-19-26)35(30-10-5-3-6-11-30)31-12-7-4-8-13-31/h3-8,10-22,24H,2,9,23H2,1H3. The molecule has 0 fully saturated rings. The van der Waals surface area contributed by atoms with Crippen LogP contribution in [0.3, 0.4) is 0 Å². The van der Waals surface area contributed by atoms with Gasteiger partial charge in [0.2, 0.25) is 0 Å². The predicted molar refractivity (Wildman–Crippen MR) is 149 cm³/mol. The van der Waals surface area contributed by atoms with Crippen LogP contribution in [0.5, 0.6) is 0 Å².